The molecule has 1 atom stereocenters. The summed E-state index contributed by atoms with van der Waals surface area (Å²) in [6, 6.07) is 0. The second-order valence-electron chi connectivity index (χ2n) is 4.57. The van der Waals surface area contributed by atoms with Crippen molar-refractivity contribution in [3.05, 3.63) is 48.3 Å². The van der Waals surface area contributed by atoms with Gasteiger partial charge >= 0.3 is 0 Å². The Labute approximate surface area is 127 Å². The molecule has 0 aromatic rings. The molecule has 4 heteroatoms. The summed E-state index contributed by atoms with van der Waals surface area (Å²) in [5.41, 5.74) is 0.140. The quantitative estimate of drug-likeness (QED) is 0.426. The lowest BCUT2D eigenvalue weighted by atomic mass is 10.1. The van der Waals surface area contributed by atoms with Crippen LogP contribution in [0.5, 0.6) is 0 Å². The molecule has 0 fully saturated rings. The van der Waals surface area contributed by atoms with E-state index >= 15 is 0 Å². The van der Waals surface area contributed by atoms with Gasteiger partial charge in [-0.25, -0.2) is 4.39 Å². The van der Waals surface area contributed by atoms with Crippen LogP contribution in [-0.4, -0.2) is 19.8 Å². The first-order chi connectivity index (χ1) is 9.76. The number of allylic oxidation sites excluding steroid dienone is 2. The third-order valence-corrected chi connectivity index (χ3v) is 2.49. The van der Waals surface area contributed by atoms with Gasteiger partial charge in [-0.05, 0) is 18.9 Å². The average Bonchev–Trinajstić information content (AvgIpc) is 2.49. The minimum Gasteiger partial charge on any atom is -0.494 e. The zero-order valence-electron chi connectivity index (χ0n) is 13.9. The Morgan fingerprint density at radius 2 is 1.52 bits per heavy atom. The summed E-state index contributed by atoms with van der Waals surface area (Å²) in [6.45, 7) is 18.5. The summed E-state index contributed by atoms with van der Waals surface area (Å²) in [5, 5.41) is 0. The predicted molar refractivity (Wildman–Crippen MR) is 85.3 cm³/mol. The zero-order chi connectivity index (χ0) is 17.0. The third kappa shape index (κ3) is 9.19. The maximum absolute atomic E-state index is 13.6. The Hall–Kier alpha value is -1.42. The van der Waals surface area contributed by atoms with E-state index in [1.165, 1.54) is 13.5 Å². The number of rotatable bonds is 8. The second-order valence-corrected chi connectivity index (χ2v) is 4.57. The molecule has 0 aromatic heterocycles. The minimum absolute atomic E-state index is 0.0281. The van der Waals surface area contributed by atoms with Crippen LogP contribution in [0.15, 0.2) is 48.3 Å². The standard InChI is InChI=1S/C14H20F2O2.C3H8/c1-7-10(3)18-8-9(2)11(4)13(15)14(16)12(5)17-6;1-3-2/h10H,2,4-5,7-8H2,1,3,6H3;3H2,1-2H3/b14-13-;. The topological polar surface area (TPSA) is 18.5 Å². The van der Waals surface area contributed by atoms with E-state index in [0.29, 0.717) is 0 Å². The van der Waals surface area contributed by atoms with E-state index in [1.807, 2.05) is 13.8 Å². The van der Waals surface area contributed by atoms with Crippen LogP contribution >= 0.6 is 0 Å². The molecule has 2 nitrogen and oxygen atoms in total. The number of hydrogen-bond donors (Lipinski definition) is 0. The van der Waals surface area contributed by atoms with Gasteiger partial charge in [-0.15, -0.1) is 0 Å². The Balaban J connectivity index is 0. The molecular weight excluding hydrogens is 274 g/mol. The van der Waals surface area contributed by atoms with Crippen molar-refractivity contribution in [2.75, 3.05) is 13.7 Å². The highest BCUT2D eigenvalue weighted by atomic mass is 19.2. The van der Waals surface area contributed by atoms with Gasteiger partial charge in [-0.2, -0.15) is 4.39 Å². The number of hydrogen-bond acceptors (Lipinski definition) is 2. The molecule has 0 N–H and O–H groups in total. The van der Waals surface area contributed by atoms with Crippen molar-refractivity contribution in [2.45, 2.75) is 46.6 Å². The summed E-state index contributed by atoms with van der Waals surface area (Å²) in [7, 11) is 1.21. The lowest BCUT2D eigenvalue weighted by molar-refractivity contribution is 0.0819. The second kappa shape index (κ2) is 12.3. The van der Waals surface area contributed by atoms with Crippen LogP contribution in [0.1, 0.15) is 40.5 Å². The summed E-state index contributed by atoms with van der Waals surface area (Å²) < 4.78 is 36.9. The minimum atomic E-state index is -1.17. The van der Waals surface area contributed by atoms with Crippen LogP contribution in [0.3, 0.4) is 0 Å². The number of ether oxygens (including phenoxy) is 2. The van der Waals surface area contributed by atoms with Crippen LogP contribution in [0, 0.1) is 0 Å². The summed E-state index contributed by atoms with van der Waals surface area (Å²) >= 11 is 0. The molecule has 0 aliphatic carbocycles. The first-order valence-corrected chi connectivity index (χ1v) is 7.04. The van der Waals surface area contributed by atoms with E-state index in [2.05, 4.69) is 38.3 Å². The first-order valence-electron chi connectivity index (χ1n) is 7.04. The number of halogens is 2. The Morgan fingerprint density at radius 1 is 1.05 bits per heavy atom. The van der Waals surface area contributed by atoms with Crippen LogP contribution in [0.25, 0.3) is 0 Å². The third-order valence-electron chi connectivity index (χ3n) is 2.49. The number of methoxy groups -OCH3 is 1. The molecule has 0 aliphatic rings. The normalized spacial score (nSPS) is 12.5. The van der Waals surface area contributed by atoms with Crippen LogP contribution in [0.4, 0.5) is 8.78 Å². The van der Waals surface area contributed by atoms with Crippen molar-refractivity contribution < 1.29 is 18.3 Å². The molecule has 1 unspecified atom stereocenters. The molecule has 0 bridgehead atoms. The van der Waals surface area contributed by atoms with Crippen molar-refractivity contribution in [1.29, 1.82) is 0 Å². The zero-order valence-corrected chi connectivity index (χ0v) is 13.9. The van der Waals surface area contributed by atoms with E-state index in [-0.39, 0.29) is 29.6 Å². The molecule has 0 rings (SSSR count). The van der Waals surface area contributed by atoms with E-state index in [0.717, 1.165) is 6.42 Å². The molecule has 0 aliphatic heterocycles. The highest BCUT2D eigenvalue weighted by molar-refractivity contribution is 5.44. The fourth-order valence-corrected chi connectivity index (χ4v) is 0.948. The maximum Gasteiger partial charge on any atom is 0.200 e. The highest BCUT2D eigenvalue weighted by Crippen LogP contribution is 2.26. The molecular formula is C17H28F2O2. The summed E-state index contributed by atoms with van der Waals surface area (Å²) in [5.74, 6) is -2.68. The predicted octanol–water partition coefficient (Wildman–Crippen LogP) is 5.64. The molecule has 122 valence electrons. The van der Waals surface area contributed by atoms with E-state index in [4.69, 9.17) is 4.74 Å². The van der Waals surface area contributed by atoms with Crippen molar-refractivity contribution in [3.8, 4) is 0 Å². The molecule has 0 saturated heterocycles. The summed E-state index contributed by atoms with van der Waals surface area (Å²) in [6.07, 6.45) is 2.10. The van der Waals surface area contributed by atoms with Gasteiger partial charge in [0.05, 0.1) is 19.8 Å². The molecule has 0 heterocycles. The van der Waals surface area contributed by atoms with Crippen LogP contribution in [0.2, 0.25) is 0 Å². The van der Waals surface area contributed by atoms with Gasteiger partial charge in [0.1, 0.15) is 5.76 Å². The fourth-order valence-electron chi connectivity index (χ4n) is 0.948. The summed E-state index contributed by atoms with van der Waals surface area (Å²) in [4.78, 5) is 0. The fraction of sp³-hybridized carbons (Fsp3) is 0.529. The van der Waals surface area contributed by atoms with Crippen molar-refractivity contribution in [3.63, 3.8) is 0 Å². The van der Waals surface area contributed by atoms with Crippen molar-refractivity contribution >= 4 is 0 Å². The van der Waals surface area contributed by atoms with Gasteiger partial charge in [0.25, 0.3) is 0 Å². The molecule has 0 radical (unpaired) electrons. The van der Waals surface area contributed by atoms with Gasteiger partial charge in [0, 0.05) is 5.57 Å². The molecule has 0 aromatic carbocycles. The SMILES string of the molecule is C=C(COC(C)CC)C(=C)/C(F)=C(/F)C(=C)OC.CCC. The average molecular weight is 302 g/mol. The molecule has 0 spiro atoms. The molecule has 0 amide bonds. The van der Waals surface area contributed by atoms with Gasteiger partial charge in [0.2, 0.25) is 5.83 Å². The van der Waals surface area contributed by atoms with Gasteiger partial charge in [0.15, 0.2) is 5.83 Å². The van der Waals surface area contributed by atoms with Crippen molar-refractivity contribution in [2.24, 2.45) is 0 Å². The van der Waals surface area contributed by atoms with Gasteiger partial charge in [-0.3, -0.25) is 0 Å². The maximum atomic E-state index is 13.6. The lowest BCUT2D eigenvalue weighted by Crippen LogP contribution is -2.10. The Bertz CT molecular complexity index is 384. The Kier molecular flexibility index (Phi) is 12.8. The largest absolute Gasteiger partial charge is 0.494 e. The monoisotopic (exact) mass is 302 g/mol. The highest BCUT2D eigenvalue weighted by Gasteiger charge is 2.16. The lowest BCUT2D eigenvalue weighted by Gasteiger charge is -2.13. The van der Waals surface area contributed by atoms with E-state index in [1.54, 1.807) is 0 Å². The van der Waals surface area contributed by atoms with Crippen LogP contribution in [-0.2, 0) is 9.47 Å². The smallest absolute Gasteiger partial charge is 0.200 e. The van der Waals surface area contributed by atoms with Crippen molar-refractivity contribution in [1.82, 2.24) is 0 Å². The van der Waals surface area contributed by atoms with Crippen LogP contribution < -0.4 is 0 Å². The molecule has 21 heavy (non-hydrogen) atoms. The molecule has 0 saturated carbocycles. The van der Waals surface area contributed by atoms with Gasteiger partial charge in [-0.1, -0.05) is 46.9 Å². The Morgan fingerprint density at radius 3 is 1.90 bits per heavy atom. The van der Waals surface area contributed by atoms with E-state index < -0.39 is 11.7 Å². The van der Waals surface area contributed by atoms with Gasteiger partial charge < -0.3 is 9.47 Å². The van der Waals surface area contributed by atoms with E-state index in [9.17, 15) is 8.78 Å². The first kappa shape index (κ1) is 21.9.